The Bertz CT molecular complexity index is 164. The van der Waals surface area contributed by atoms with Crippen molar-refractivity contribution in [2.75, 3.05) is 19.0 Å². The Morgan fingerprint density at radius 1 is 1.00 bits per heavy atom. The minimum Gasteiger partial charge on any atom is -0.297 e. The highest BCUT2D eigenvalue weighted by Gasteiger charge is 2.30. The van der Waals surface area contributed by atoms with Gasteiger partial charge in [-0.25, -0.2) is 0 Å². The molecule has 0 aromatic heterocycles. The lowest BCUT2D eigenvalue weighted by atomic mass is 9.80. The van der Waals surface area contributed by atoms with Crippen molar-refractivity contribution < 1.29 is 0 Å². The SMILES string of the molecule is CCCN(CCCl)C(C)(C)CC(C)(C)C. The smallest absolute Gasteiger partial charge is 0.0351 e. The van der Waals surface area contributed by atoms with E-state index in [4.69, 9.17) is 11.6 Å². The summed E-state index contributed by atoms with van der Waals surface area (Å²) in [6, 6.07) is 0. The molecule has 0 fully saturated rings. The van der Waals surface area contributed by atoms with Crippen LogP contribution in [0.25, 0.3) is 0 Å². The van der Waals surface area contributed by atoms with Crippen LogP contribution in [0.3, 0.4) is 0 Å². The first-order chi connectivity index (χ1) is 6.73. The maximum atomic E-state index is 5.87. The summed E-state index contributed by atoms with van der Waals surface area (Å²) in [6.45, 7) is 16.0. The minimum atomic E-state index is 0.253. The predicted molar refractivity (Wildman–Crippen MR) is 70.7 cm³/mol. The summed E-state index contributed by atoms with van der Waals surface area (Å²) in [5.41, 5.74) is 0.630. The van der Waals surface area contributed by atoms with Crippen LogP contribution in [0.5, 0.6) is 0 Å². The van der Waals surface area contributed by atoms with E-state index in [-0.39, 0.29) is 5.54 Å². The summed E-state index contributed by atoms with van der Waals surface area (Å²) < 4.78 is 0. The second-order valence-corrected chi connectivity index (χ2v) is 6.60. The Morgan fingerprint density at radius 2 is 1.53 bits per heavy atom. The van der Waals surface area contributed by atoms with Crippen LogP contribution >= 0.6 is 11.6 Å². The zero-order chi connectivity index (χ0) is 12.1. The molecule has 15 heavy (non-hydrogen) atoms. The lowest BCUT2D eigenvalue weighted by molar-refractivity contribution is 0.0831. The van der Waals surface area contributed by atoms with Crippen molar-refractivity contribution in [1.82, 2.24) is 4.90 Å². The Hall–Kier alpha value is 0.250. The standard InChI is InChI=1S/C13H28ClN/c1-7-9-15(10-8-14)13(5,6)11-12(2,3)4/h7-11H2,1-6H3. The Kier molecular flexibility index (Phi) is 6.20. The summed E-state index contributed by atoms with van der Waals surface area (Å²) in [5.74, 6) is 0.730. The number of hydrogen-bond donors (Lipinski definition) is 0. The third kappa shape index (κ3) is 6.42. The zero-order valence-electron chi connectivity index (χ0n) is 11.4. The minimum absolute atomic E-state index is 0.253. The maximum absolute atomic E-state index is 5.87. The van der Waals surface area contributed by atoms with Gasteiger partial charge < -0.3 is 0 Å². The van der Waals surface area contributed by atoms with E-state index in [1.165, 1.54) is 12.8 Å². The van der Waals surface area contributed by atoms with Gasteiger partial charge >= 0.3 is 0 Å². The summed E-state index contributed by atoms with van der Waals surface area (Å²) in [6.07, 6.45) is 2.40. The molecular formula is C13H28ClN. The van der Waals surface area contributed by atoms with Crippen LogP contribution < -0.4 is 0 Å². The highest BCUT2D eigenvalue weighted by molar-refractivity contribution is 6.18. The van der Waals surface area contributed by atoms with Gasteiger partial charge in [-0.05, 0) is 38.6 Å². The van der Waals surface area contributed by atoms with E-state index in [9.17, 15) is 0 Å². The van der Waals surface area contributed by atoms with Crippen molar-refractivity contribution in [3.05, 3.63) is 0 Å². The van der Waals surface area contributed by atoms with Crippen molar-refractivity contribution in [1.29, 1.82) is 0 Å². The molecule has 0 radical (unpaired) electrons. The van der Waals surface area contributed by atoms with Gasteiger partial charge in [0.15, 0.2) is 0 Å². The maximum Gasteiger partial charge on any atom is 0.0351 e. The predicted octanol–water partition coefficient (Wildman–Crippen LogP) is 4.15. The fourth-order valence-corrected chi connectivity index (χ4v) is 2.70. The van der Waals surface area contributed by atoms with Gasteiger partial charge in [-0.3, -0.25) is 4.90 Å². The molecule has 0 aromatic rings. The Labute approximate surface area is 101 Å². The first kappa shape index (κ1) is 15.2. The van der Waals surface area contributed by atoms with Crippen LogP contribution in [-0.4, -0.2) is 29.4 Å². The molecular weight excluding hydrogens is 206 g/mol. The van der Waals surface area contributed by atoms with Crippen molar-refractivity contribution in [3.8, 4) is 0 Å². The number of rotatable bonds is 6. The molecule has 0 atom stereocenters. The fraction of sp³-hybridized carbons (Fsp3) is 1.00. The van der Waals surface area contributed by atoms with Gasteiger partial charge in [0.1, 0.15) is 0 Å². The van der Waals surface area contributed by atoms with E-state index in [1.54, 1.807) is 0 Å². The third-order valence-corrected chi connectivity index (χ3v) is 2.84. The van der Waals surface area contributed by atoms with Crippen LogP contribution in [-0.2, 0) is 0 Å². The summed E-state index contributed by atoms with van der Waals surface area (Å²) in [7, 11) is 0. The largest absolute Gasteiger partial charge is 0.297 e. The fourth-order valence-electron chi connectivity index (χ4n) is 2.50. The van der Waals surface area contributed by atoms with E-state index >= 15 is 0 Å². The van der Waals surface area contributed by atoms with E-state index in [0.717, 1.165) is 19.0 Å². The molecule has 92 valence electrons. The molecule has 0 spiro atoms. The average Bonchev–Trinajstić information content (AvgIpc) is 1.99. The van der Waals surface area contributed by atoms with Gasteiger partial charge in [0, 0.05) is 18.0 Å². The van der Waals surface area contributed by atoms with Crippen LogP contribution in [0, 0.1) is 5.41 Å². The number of nitrogens with zero attached hydrogens (tertiary/aromatic N) is 1. The molecule has 0 unspecified atom stereocenters. The topological polar surface area (TPSA) is 3.24 Å². The molecule has 0 amide bonds. The van der Waals surface area contributed by atoms with Crippen LogP contribution in [0.4, 0.5) is 0 Å². The van der Waals surface area contributed by atoms with Crippen molar-refractivity contribution in [3.63, 3.8) is 0 Å². The molecule has 0 aromatic carbocycles. The van der Waals surface area contributed by atoms with Gasteiger partial charge in [-0.15, -0.1) is 11.6 Å². The van der Waals surface area contributed by atoms with Crippen LogP contribution in [0.15, 0.2) is 0 Å². The van der Waals surface area contributed by atoms with Crippen molar-refractivity contribution in [2.24, 2.45) is 5.41 Å². The molecule has 0 saturated carbocycles. The van der Waals surface area contributed by atoms with E-state index < -0.39 is 0 Å². The molecule has 0 aliphatic carbocycles. The van der Waals surface area contributed by atoms with Crippen molar-refractivity contribution >= 4 is 11.6 Å². The molecule has 0 aliphatic heterocycles. The van der Waals surface area contributed by atoms with Crippen molar-refractivity contribution in [2.45, 2.75) is 59.9 Å². The summed E-state index contributed by atoms with van der Waals surface area (Å²) >= 11 is 5.87. The lowest BCUT2D eigenvalue weighted by Crippen LogP contribution is -2.47. The Balaban J connectivity index is 4.47. The van der Waals surface area contributed by atoms with Gasteiger partial charge in [-0.1, -0.05) is 27.7 Å². The molecule has 0 rings (SSSR count). The van der Waals surface area contributed by atoms with Crippen LogP contribution in [0.2, 0.25) is 0 Å². The van der Waals surface area contributed by atoms with Gasteiger partial charge in [0.25, 0.3) is 0 Å². The molecule has 0 heterocycles. The van der Waals surface area contributed by atoms with Gasteiger partial charge in [-0.2, -0.15) is 0 Å². The summed E-state index contributed by atoms with van der Waals surface area (Å²) in [4.78, 5) is 2.52. The second kappa shape index (κ2) is 6.10. The first-order valence-electron chi connectivity index (χ1n) is 6.04. The number of alkyl halides is 1. The van der Waals surface area contributed by atoms with Gasteiger partial charge in [0.05, 0.1) is 0 Å². The van der Waals surface area contributed by atoms with Crippen LogP contribution in [0.1, 0.15) is 54.4 Å². The third-order valence-electron chi connectivity index (χ3n) is 2.67. The highest BCUT2D eigenvalue weighted by Crippen LogP contribution is 2.31. The number of hydrogen-bond acceptors (Lipinski definition) is 1. The number of halogens is 1. The summed E-state index contributed by atoms with van der Waals surface area (Å²) in [5, 5.41) is 0. The van der Waals surface area contributed by atoms with E-state index in [1.807, 2.05) is 0 Å². The molecule has 0 bridgehead atoms. The quantitative estimate of drug-likeness (QED) is 0.623. The second-order valence-electron chi connectivity index (χ2n) is 6.23. The molecule has 1 nitrogen and oxygen atoms in total. The highest BCUT2D eigenvalue weighted by atomic mass is 35.5. The lowest BCUT2D eigenvalue weighted by Gasteiger charge is -2.42. The van der Waals surface area contributed by atoms with E-state index in [0.29, 0.717) is 5.41 Å². The average molecular weight is 234 g/mol. The van der Waals surface area contributed by atoms with Gasteiger partial charge in [0.2, 0.25) is 0 Å². The monoisotopic (exact) mass is 233 g/mol. The zero-order valence-corrected chi connectivity index (χ0v) is 12.1. The van der Waals surface area contributed by atoms with E-state index in [2.05, 4.69) is 46.4 Å². The first-order valence-corrected chi connectivity index (χ1v) is 6.57. The molecule has 0 aliphatic rings. The molecule has 2 heteroatoms. The Morgan fingerprint density at radius 3 is 1.87 bits per heavy atom. The molecule has 0 saturated heterocycles. The normalized spacial score (nSPS) is 13.6. The molecule has 0 N–H and O–H groups in total.